The second-order valence-electron chi connectivity index (χ2n) is 7.50. The number of hydrogen-bond acceptors (Lipinski definition) is 7. The summed E-state index contributed by atoms with van der Waals surface area (Å²) in [5.41, 5.74) is 2.20. The zero-order valence-corrected chi connectivity index (χ0v) is 20.4. The summed E-state index contributed by atoms with van der Waals surface area (Å²) in [5, 5.41) is 0. The predicted octanol–water partition coefficient (Wildman–Crippen LogP) is 5.27. The van der Waals surface area contributed by atoms with Crippen molar-refractivity contribution in [3.8, 4) is 17.2 Å². The lowest BCUT2D eigenvalue weighted by Gasteiger charge is -2.20. The number of benzene rings is 3. The molecule has 186 valence electrons. The fourth-order valence-electron chi connectivity index (χ4n) is 3.33. The summed E-state index contributed by atoms with van der Waals surface area (Å²) in [6.07, 6.45) is 4.99. The number of ether oxygens (including phenoxy) is 5. The molecule has 0 aliphatic rings. The normalized spacial score (nSPS) is 11.8. The minimum Gasteiger partial charge on any atom is -0.493 e. The summed E-state index contributed by atoms with van der Waals surface area (Å²) < 4.78 is 27.3. The number of hydrogen-bond donors (Lipinski definition) is 0. The molecule has 7 heteroatoms. The number of rotatable bonds is 11. The second-order valence-corrected chi connectivity index (χ2v) is 7.50. The topological polar surface area (TPSA) is 80.3 Å². The van der Waals surface area contributed by atoms with Gasteiger partial charge in [-0.3, -0.25) is 0 Å². The molecule has 0 fully saturated rings. The van der Waals surface area contributed by atoms with Crippen LogP contribution >= 0.6 is 0 Å². The molecule has 0 radical (unpaired) electrons. The van der Waals surface area contributed by atoms with E-state index in [-0.39, 0.29) is 6.61 Å². The van der Waals surface area contributed by atoms with Crippen LogP contribution in [0.1, 0.15) is 22.8 Å². The molecule has 3 aromatic carbocycles. The van der Waals surface area contributed by atoms with Crippen molar-refractivity contribution in [2.75, 3.05) is 27.9 Å². The predicted molar refractivity (Wildman–Crippen MR) is 137 cm³/mol. The standard InChI is InChI=1S/C29H28O7/c1-32-24-18-23(19-25(33-2)29(24)34-3)26(36-28(31)17-15-22-12-8-5-9-13-22)20-35-27(30)16-14-21-10-6-4-7-11-21/h4-19,26H,20H2,1-3H3/b16-14+,17-15+/t26-/m0/s1. The third-order valence-electron chi connectivity index (χ3n) is 5.12. The largest absolute Gasteiger partial charge is 0.493 e. The van der Waals surface area contributed by atoms with Gasteiger partial charge < -0.3 is 23.7 Å². The summed E-state index contributed by atoms with van der Waals surface area (Å²) in [6, 6.07) is 22.0. The van der Waals surface area contributed by atoms with Gasteiger partial charge in [-0.1, -0.05) is 60.7 Å². The molecule has 0 aromatic heterocycles. The molecule has 0 aliphatic carbocycles. The summed E-state index contributed by atoms with van der Waals surface area (Å²) in [4.78, 5) is 25.0. The Labute approximate surface area is 210 Å². The lowest BCUT2D eigenvalue weighted by molar-refractivity contribution is -0.153. The van der Waals surface area contributed by atoms with Gasteiger partial charge in [0.15, 0.2) is 17.6 Å². The summed E-state index contributed by atoms with van der Waals surface area (Å²) in [6.45, 7) is -0.221. The van der Waals surface area contributed by atoms with Crippen molar-refractivity contribution in [1.29, 1.82) is 0 Å². The highest BCUT2D eigenvalue weighted by Gasteiger charge is 2.23. The highest BCUT2D eigenvalue weighted by molar-refractivity contribution is 5.88. The zero-order valence-electron chi connectivity index (χ0n) is 20.4. The van der Waals surface area contributed by atoms with E-state index in [2.05, 4.69) is 0 Å². The van der Waals surface area contributed by atoms with Crippen molar-refractivity contribution in [2.24, 2.45) is 0 Å². The maximum atomic E-state index is 12.6. The van der Waals surface area contributed by atoms with Crippen molar-refractivity contribution < 1.29 is 33.3 Å². The van der Waals surface area contributed by atoms with E-state index in [4.69, 9.17) is 23.7 Å². The van der Waals surface area contributed by atoms with Gasteiger partial charge in [-0.25, -0.2) is 9.59 Å². The van der Waals surface area contributed by atoms with Gasteiger partial charge in [0.25, 0.3) is 0 Å². The monoisotopic (exact) mass is 488 g/mol. The molecule has 0 aliphatic heterocycles. The maximum absolute atomic E-state index is 12.6. The van der Waals surface area contributed by atoms with E-state index in [0.717, 1.165) is 11.1 Å². The van der Waals surface area contributed by atoms with Gasteiger partial charge in [0.05, 0.1) is 21.3 Å². The molecule has 3 rings (SSSR count). The molecule has 7 nitrogen and oxygen atoms in total. The molecular formula is C29H28O7. The quantitative estimate of drug-likeness (QED) is 0.269. The molecule has 3 aromatic rings. The number of esters is 2. The first kappa shape index (κ1) is 26.1. The second kappa shape index (κ2) is 13.4. The highest BCUT2D eigenvalue weighted by Crippen LogP contribution is 2.40. The molecule has 0 heterocycles. The summed E-state index contributed by atoms with van der Waals surface area (Å²) in [7, 11) is 4.46. The Morgan fingerprint density at radius 2 is 1.22 bits per heavy atom. The Bertz CT molecular complexity index is 1180. The van der Waals surface area contributed by atoms with Crippen LogP contribution in [0.25, 0.3) is 12.2 Å². The minimum absolute atomic E-state index is 0.221. The Morgan fingerprint density at radius 3 is 1.69 bits per heavy atom. The van der Waals surface area contributed by atoms with Crippen LogP contribution in [-0.2, 0) is 19.1 Å². The highest BCUT2D eigenvalue weighted by atomic mass is 16.6. The van der Waals surface area contributed by atoms with Gasteiger partial charge in [-0.2, -0.15) is 0 Å². The fourth-order valence-corrected chi connectivity index (χ4v) is 3.33. The van der Waals surface area contributed by atoms with E-state index in [0.29, 0.717) is 22.8 Å². The SMILES string of the molecule is COc1cc([C@H](COC(=O)/C=C/c2ccccc2)OC(=O)/C=C/c2ccccc2)cc(OC)c1OC. The van der Waals surface area contributed by atoms with E-state index in [9.17, 15) is 9.59 Å². The van der Waals surface area contributed by atoms with Crippen LogP contribution in [0.3, 0.4) is 0 Å². The van der Waals surface area contributed by atoms with Gasteiger partial charge in [-0.05, 0) is 35.4 Å². The number of methoxy groups -OCH3 is 3. The van der Waals surface area contributed by atoms with Gasteiger partial charge in [0.2, 0.25) is 5.75 Å². The molecule has 0 N–H and O–H groups in total. The molecule has 0 saturated carbocycles. The Hall–Kier alpha value is -4.52. The first-order valence-electron chi connectivity index (χ1n) is 11.2. The smallest absolute Gasteiger partial charge is 0.331 e. The zero-order chi connectivity index (χ0) is 25.8. The molecule has 0 spiro atoms. The van der Waals surface area contributed by atoms with Crippen LogP contribution in [0.4, 0.5) is 0 Å². The molecule has 36 heavy (non-hydrogen) atoms. The Morgan fingerprint density at radius 1 is 0.722 bits per heavy atom. The van der Waals surface area contributed by atoms with Crippen molar-refractivity contribution in [3.63, 3.8) is 0 Å². The van der Waals surface area contributed by atoms with Crippen LogP contribution in [-0.4, -0.2) is 39.9 Å². The van der Waals surface area contributed by atoms with E-state index in [1.54, 1.807) is 24.3 Å². The van der Waals surface area contributed by atoms with Crippen molar-refractivity contribution in [1.82, 2.24) is 0 Å². The van der Waals surface area contributed by atoms with Crippen LogP contribution in [0.15, 0.2) is 84.9 Å². The van der Waals surface area contributed by atoms with Crippen molar-refractivity contribution >= 4 is 24.1 Å². The molecule has 1 atom stereocenters. The van der Waals surface area contributed by atoms with Crippen LogP contribution in [0.2, 0.25) is 0 Å². The Balaban J connectivity index is 1.81. The van der Waals surface area contributed by atoms with Gasteiger partial charge in [0.1, 0.15) is 6.61 Å². The number of carbonyl (C=O) groups excluding carboxylic acids is 2. The van der Waals surface area contributed by atoms with Crippen LogP contribution in [0.5, 0.6) is 17.2 Å². The average Bonchev–Trinajstić information content (AvgIpc) is 2.93. The van der Waals surface area contributed by atoms with Crippen molar-refractivity contribution in [2.45, 2.75) is 6.10 Å². The van der Waals surface area contributed by atoms with Gasteiger partial charge in [0, 0.05) is 17.7 Å². The minimum atomic E-state index is -0.930. The van der Waals surface area contributed by atoms with E-state index in [1.807, 2.05) is 60.7 Å². The average molecular weight is 489 g/mol. The number of carbonyl (C=O) groups is 2. The van der Waals surface area contributed by atoms with E-state index in [1.165, 1.54) is 33.5 Å². The van der Waals surface area contributed by atoms with Gasteiger partial charge in [-0.15, -0.1) is 0 Å². The molecular weight excluding hydrogens is 460 g/mol. The molecule has 0 bridgehead atoms. The lowest BCUT2D eigenvalue weighted by atomic mass is 10.1. The first-order valence-corrected chi connectivity index (χ1v) is 11.2. The van der Waals surface area contributed by atoms with E-state index < -0.39 is 18.0 Å². The molecule has 0 saturated heterocycles. The van der Waals surface area contributed by atoms with Crippen molar-refractivity contribution in [3.05, 3.63) is 102 Å². The molecule has 0 amide bonds. The fraction of sp³-hybridized carbons (Fsp3) is 0.172. The first-order chi connectivity index (χ1) is 17.5. The summed E-state index contributed by atoms with van der Waals surface area (Å²) >= 11 is 0. The lowest BCUT2D eigenvalue weighted by Crippen LogP contribution is -2.17. The van der Waals surface area contributed by atoms with Crippen LogP contribution < -0.4 is 14.2 Å². The maximum Gasteiger partial charge on any atom is 0.331 e. The van der Waals surface area contributed by atoms with Crippen LogP contribution in [0, 0.1) is 0 Å². The molecule has 0 unspecified atom stereocenters. The third-order valence-corrected chi connectivity index (χ3v) is 5.12. The third kappa shape index (κ3) is 7.50. The Kier molecular flexibility index (Phi) is 9.70. The van der Waals surface area contributed by atoms with Gasteiger partial charge >= 0.3 is 11.9 Å². The summed E-state index contributed by atoms with van der Waals surface area (Å²) in [5.74, 6) is -0.0349. The van der Waals surface area contributed by atoms with E-state index >= 15 is 0 Å².